The molecule has 1 atom stereocenters. The molecule has 1 aromatic rings. The van der Waals surface area contributed by atoms with Crippen LogP contribution < -0.4 is 5.73 Å². The predicted molar refractivity (Wildman–Crippen MR) is 58.9 cm³/mol. The van der Waals surface area contributed by atoms with E-state index >= 15 is 0 Å². The van der Waals surface area contributed by atoms with Crippen molar-refractivity contribution in [2.75, 3.05) is 0 Å². The highest BCUT2D eigenvalue weighted by molar-refractivity contribution is 9.10. The fourth-order valence-electron chi connectivity index (χ4n) is 1.16. The van der Waals surface area contributed by atoms with E-state index in [0.717, 1.165) is 12.1 Å². The minimum absolute atomic E-state index is 0. The van der Waals surface area contributed by atoms with Gasteiger partial charge in [-0.15, -0.1) is 12.4 Å². The van der Waals surface area contributed by atoms with E-state index in [1.54, 1.807) is 0 Å². The number of hydrogen-bond acceptors (Lipinski definition) is 1. The zero-order valence-electron chi connectivity index (χ0n) is 7.89. The van der Waals surface area contributed by atoms with Crippen LogP contribution in [0.2, 0.25) is 0 Å². The van der Waals surface area contributed by atoms with Gasteiger partial charge in [0.05, 0.1) is 6.42 Å². The predicted octanol–water partition coefficient (Wildman–Crippen LogP) is 3.96. The van der Waals surface area contributed by atoms with Crippen molar-refractivity contribution in [3.05, 3.63) is 34.1 Å². The van der Waals surface area contributed by atoms with Crippen LogP contribution in [0.1, 0.15) is 18.0 Å². The second kappa shape index (κ2) is 5.84. The van der Waals surface area contributed by atoms with E-state index in [0.29, 0.717) is 4.47 Å². The number of nitrogens with two attached hydrogens (primary N) is 1. The van der Waals surface area contributed by atoms with Gasteiger partial charge in [0, 0.05) is 10.5 Å². The van der Waals surface area contributed by atoms with Gasteiger partial charge in [0.25, 0.3) is 0 Å². The zero-order valence-corrected chi connectivity index (χ0v) is 10.3. The van der Waals surface area contributed by atoms with Gasteiger partial charge in [0.1, 0.15) is 5.82 Å². The summed E-state index contributed by atoms with van der Waals surface area (Å²) >= 11 is 3.02. The van der Waals surface area contributed by atoms with E-state index in [-0.39, 0.29) is 18.0 Å². The fourth-order valence-corrected chi connectivity index (χ4v) is 1.70. The quantitative estimate of drug-likeness (QED) is 0.819. The summed E-state index contributed by atoms with van der Waals surface area (Å²) in [6, 6.07) is 2.23. The smallest absolute Gasteiger partial charge is 0.324 e. The molecule has 1 nitrogen and oxygen atoms in total. The van der Waals surface area contributed by atoms with Gasteiger partial charge in [-0.05, 0) is 23.8 Å². The van der Waals surface area contributed by atoms with Crippen LogP contribution >= 0.6 is 28.3 Å². The normalized spacial score (nSPS) is 13.1. The van der Waals surface area contributed by atoms with E-state index in [2.05, 4.69) is 15.9 Å². The highest BCUT2D eigenvalue weighted by Gasteiger charge is 2.31. The van der Waals surface area contributed by atoms with E-state index < -0.39 is 24.5 Å². The SMILES string of the molecule is Cl.N[C@H](CC(F)(F)F)c1cc(F)ccc1Br. The van der Waals surface area contributed by atoms with Gasteiger partial charge in [-0.25, -0.2) is 4.39 Å². The molecule has 16 heavy (non-hydrogen) atoms. The monoisotopic (exact) mass is 321 g/mol. The summed E-state index contributed by atoms with van der Waals surface area (Å²) in [5, 5.41) is 0. The Morgan fingerprint density at radius 1 is 1.31 bits per heavy atom. The molecule has 0 aliphatic rings. The highest BCUT2D eigenvalue weighted by atomic mass is 79.9. The molecule has 0 aliphatic carbocycles. The molecule has 0 unspecified atom stereocenters. The molecule has 0 saturated carbocycles. The van der Waals surface area contributed by atoms with Crippen molar-refractivity contribution in [1.82, 2.24) is 0 Å². The first-order valence-corrected chi connectivity index (χ1v) is 4.86. The Balaban J connectivity index is 0.00000225. The zero-order chi connectivity index (χ0) is 11.6. The van der Waals surface area contributed by atoms with Crippen LogP contribution in [-0.4, -0.2) is 6.18 Å². The molecule has 0 aromatic heterocycles. The number of rotatable bonds is 2. The molecule has 7 heteroatoms. The van der Waals surface area contributed by atoms with Gasteiger partial charge >= 0.3 is 6.18 Å². The second-order valence-corrected chi connectivity index (χ2v) is 3.95. The van der Waals surface area contributed by atoms with Crippen molar-refractivity contribution in [2.45, 2.75) is 18.6 Å². The third-order valence-electron chi connectivity index (χ3n) is 1.81. The molecule has 0 radical (unpaired) electrons. The van der Waals surface area contributed by atoms with E-state index in [4.69, 9.17) is 5.73 Å². The Morgan fingerprint density at radius 3 is 2.38 bits per heavy atom. The molecule has 0 spiro atoms. The maximum absolute atomic E-state index is 12.8. The van der Waals surface area contributed by atoms with Crippen LogP contribution in [0.4, 0.5) is 17.6 Å². The van der Waals surface area contributed by atoms with Crippen LogP contribution in [0.3, 0.4) is 0 Å². The van der Waals surface area contributed by atoms with Crippen molar-refractivity contribution in [1.29, 1.82) is 0 Å². The summed E-state index contributed by atoms with van der Waals surface area (Å²) in [5.41, 5.74) is 5.45. The van der Waals surface area contributed by atoms with E-state index in [1.807, 2.05) is 0 Å². The molecule has 0 aliphatic heterocycles. The molecule has 0 saturated heterocycles. The molecule has 0 fully saturated rings. The summed E-state index contributed by atoms with van der Waals surface area (Å²) in [6.45, 7) is 0. The molecule has 0 heterocycles. The Hall–Kier alpha value is -0.330. The third-order valence-corrected chi connectivity index (χ3v) is 2.53. The lowest BCUT2D eigenvalue weighted by molar-refractivity contribution is -0.138. The van der Waals surface area contributed by atoms with Gasteiger partial charge in [-0.3, -0.25) is 0 Å². The Bertz CT molecular complexity index is 356. The van der Waals surface area contributed by atoms with Gasteiger partial charge in [0.15, 0.2) is 0 Å². The topological polar surface area (TPSA) is 26.0 Å². The maximum atomic E-state index is 12.8. The van der Waals surface area contributed by atoms with Crippen molar-refractivity contribution in [3.63, 3.8) is 0 Å². The van der Waals surface area contributed by atoms with Crippen molar-refractivity contribution >= 4 is 28.3 Å². The fraction of sp³-hybridized carbons (Fsp3) is 0.333. The third kappa shape index (κ3) is 4.67. The van der Waals surface area contributed by atoms with Crippen LogP contribution in [0.15, 0.2) is 22.7 Å². The lowest BCUT2D eigenvalue weighted by Crippen LogP contribution is -2.20. The largest absolute Gasteiger partial charge is 0.390 e. The summed E-state index contributed by atoms with van der Waals surface area (Å²) in [7, 11) is 0. The molecular weight excluding hydrogens is 313 g/mol. The van der Waals surface area contributed by atoms with Crippen LogP contribution in [0.25, 0.3) is 0 Å². The van der Waals surface area contributed by atoms with Crippen LogP contribution in [0.5, 0.6) is 0 Å². The Morgan fingerprint density at radius 2 is 1.88 bits per heavy atom. The summed E-state index contributed by atoms with van der Waals surface area (Å²) in [4.78, 5) is 0. The number of benzene rings is 1. The first-order chi connectivity index (χ1) is 6.79. The van der Waals surface area contributed by atoms with Gasteiger partial charge in [-0.1, -0.05) is 15.9 Å². The van der Waals surface area contributed by atoms with E-state index in [1.165, 1.54) is 6.07 Å². The van der Waals surface area contributed by atoms with E-state index in [9.17, 15) is 17.6 Å². The van der Waals surface area contributed by atoms with Crippen molar-refractivity contribution in [3.8, 4) is 0 Å². The lowest BCUT2D eigenvalue weighted by Gasteiger charge is -2.15. The average Bonchev–Trinajstić information content (AvgIpc) is 2.06. The standard InChI is InChI=1S/C9H8BrF4N.ClH/c10-7-2-1-5(11)3-6(7)8(15)4-9(12,13)14;/h1-3,8H,4,15H2;1H/t8-;/m1./s1. The minimum Gasteiger partial charge on any atom is -0.324 e. The summed E-state index contributed by atoms with van der Waals surface area (Å²) < 4.78 is 49.3. The minimum atomic E-state index is -4.36. The lowest BCUT2D eigenvalue weighted by atomic mass is 10.0. The Labute approximate surface area is 105 Å². The number of hydrogen-bond donors (Lipinski definition) is 1. The van der Waals surface area contributed by atoms with Crippen LogP contribution in [0, 0.1) is 5.82 Å². The van der Waals surface area contributed by atoms with Crippen molar-refractivity contribution in [2.24, 2.45) is 5.73 Å². The first-order valence-electron chi connectivity index (χ1n) is 4.07. The molecule has 92 valence electrons. The number of halogens is 6. The first kappa shape index (κ1) is 15.7. The average molecular weight is 323 g/mol. The maximum Gasteiger partial charge on any atom is 0.390 e. The van der Waals surface area contributed by atoms with Crippen LogP contribution in [-0.2, 0) is 0 Å². The van der Waals surface area contributed by atoms with Gasteiger partial charge in [-0.2, -0.15) is 13.2 Å². The molecule has 2 N–H and O–H groups in total. The molecule has 1 rings (SSSR count). The second-order valence-electron chi connectivity index (χ2n) is 3.09. The Kier molecular flexibility index (Phi) is 5.72. The number of alkyl halides is 3. The molecular formula is C9H9BrClF4N. The van der Waals surface area contributed by atoms with Crippen molar-refractivity contribution < 1.29 is 17.6 Å². The molecule has 1 aromatic carbocycles. The molecule has 0 amide bonds. The molecule has 0 bridgehead atoms. The highest BCUT2D eigenvalue weighted by Crippen LogP contribution is 2.31. The van der Waals surface area contributed by atoms with Gasteiger partial charge in [0.2, 0.25) is 0 Å². The summed E-state index contributed by atoms with van der Waals surface area (Å²) in [6.07, 6.45) is -5.53. The van der Waals surface area contributed by atoms with Gasteiger partial charge < -0.3 is 5.73 Å². The summed E-state index contributed by atoms with van der Waals surface area (Å²) in [5.74, 6) is -0.606.